The van der Waals surface area contributed by atoms with Crippen LogP contribution in [0.5, 0.6) is 0 Å². The van der Waals surface area contributed by atoms with Crippen molar-refractivity contribution < 1.29 is 4.79 Å². The summed E-state index contributed by atoms with van der Waals surface area (Å²) in [6, 6.07) is 29.5. The van der Waals surface area contributed by atoms with Gasteiger partial charge >= 0.3 is 0 Å². The maximum Gasteiger partial charge on any atom is 0.156 e. The molecule has 32 heavy (non-hydrogen) atoms. The molecule has 0 N–H and O–H groups in total. The Balaban J connectivity index is 1.87. The van der Waals surface area contributed by atoms with Crippen molar-refractivity contribution in [1.82, 2.24) is 0 Å². The van der Waals surface area contributed by atoms with Gasteiger partial charge in [0.05, 0.1) is 11.8 Å². The molecule has 4 rings (SSSR count). The highest BCUT2D eigenvalue weighted by molar-refractivity contribution is 6.31. The number of halogens is 4. The minimum absolute atomic E-state index is 0.0271. The average Bonchev–Trinajstić information content (AvgIpc) is 2.79. The highest BCUT2D eigenvalue weighted by Crippen LogP contribution is 2.37. The second kappa shape index (κ2) is 10.1. The summed E-state index contributed by atoms with van der Waals surface area (Å²) in [5, 5.41) is 2.46. The van der Waals surface area contributed by atoms with Crippen molar-refractivity contribution in [3.05, 3.63) is 139 Å². The molecule has 160 valence electrons. The van der Waals surface area contributed by atoms with Crippen LogP contribution in [0.25, 0.3) is 0 Å². The molecule has 0 aliphatic carbocycles. The number of benzene rings is 4. The zero-order valence-electron chi connectivity index (χ0n) is 16.8. The van der Waals surface area contributed by atoms with Gasteiger partial charge in [0.1, 0.15) is 0 Å². The van der Waals surface area contributed by atoms with E-state index in [0.717, 1.165) is 22.3 Å². The van der Waals surface area contributed by atoms with Gasteiger partial charge in [0.25, 0.3) is 0 Å². The second-order valence-electron chi connectivity index (χ2n) is 7.47. The Hall–Kier alpha value is -2.29. The largest absolute Gasteiger partial charge is 0.298 e. The lowest BCUT2D eigenvalue weighted by Gasteiger charge is -2.25. The molecule has 0 aliphatic heterocycles. The van der Waals surface area contributed by atoms with E-state index in [1.807, 2.05) is 48.5 Å². The quantitative estimate of drug-likeness (QED) is 0.259. The van der Waals surface area contributed by atoms with Gasteiger partial charge in [0, 0.05) is 20.1 Å². The summed E-state index contributed by atoms with van der Waals surface area (Å²) in [4.78, 5) is 14.3. The maximum absolute atomic E-state index is 14.3. The van der Waals surface area contributed by atoms with E-state index in [0.29, 0.717) is 20.1 Å². The third-order valence-corrected chi connectivity index (χ3v) is 6.39. The number of rotatable bonds is 6. The smallest absolute Gasteiger partial charge is 0.156 e. The first-order valence-corrected chi connectivity index (χ1v) is 11.5. The molecular weight excluding hydrogens is 482 g/mol. The number of Topliss-reactive ketones (excluding diaryl/α,β-unsaturated/α-hetero) is 1. The summed E-state index contributed by atoms with van der Waals surface area (Å²) in [6.45, 7) is 0. The van der Waals surface area contributed by atoms with Crippen molar-refractivity contribution in [2.24, 2.45) is 0 Å². The van der Waals surface area contributed by atoms with Gasteiger partial charge < -0.3 is 0 Å². The van der Waals surface area contributed by atoms with Gasteiger partial charge in [0.2, 0.25) is 0 Å². The molecule has 0 atom stereocenters. The van der Waals surface area contributed by atoms with Crippen LogP contribution >= 0.6 is 46.4 Å². The van der Waals surface area contributed by atoms with Crippen LogP contribution in [0, 0.1) is 0 Å². The summed E-state index contributed by atoms with van der Waals surface area (Å²) in [5.41, 5.74) is 3.42. The Kier molecular flexibility index (Phi) is 7.23. The highest BCUT2D eigenvalue weighted by Gasteiger charge is 2.32. The van der Waals surface area contributed by atoms with E-state index in [2.05, 4.69) is 0 Å². The Morgan fingerprint density at radius 1 is 0.406 bits per heavy atom. The number of hydrogen-bond acceptors (Lipinski definition) is 1. The third kappa shape index (κ3) is 5.19. The van der Waals surface area contributed by atoms with E-state index >= 15 is 0 Å². The van der Waals surface area contributed by atoms with Crippen LogP contribution in [0.1, 0.15) is 34.1 Å². The van der Waals surface area contributed by atoms with Crippen molar-refractivity contribution >= 4 is 52.2 Å². The second-order valence-corrected chi connectivity index (χ2v) is 9.22. The van der Waals surface area contributed by atoms with Crippen LogP contribution in [-0.4, -0.2) is 5.78 Å². The maximum atomic E-state index is 14.3. The fraction of sp³-hybridized carbons (Fsp3) is 0.0741. The van der Waals surface area contributed by atoms with Crippen LogP contribution < -0.4 is 0 Å². The molecule has 0 heterocycles. The number of carbonyl (C=O) groups excluding carboxylic acids is 1. The first-order chi connectivity index (χ1) is 15.4. The van der Waals surface area contributed by atoms with Crippen LogP contribution in [0.2, 0.25) is 20.1 Å². The molecule has 0 unspecified atom stereocenters. The standard InChI is InChI=1S/C27H18Cl4O/c28-21-9-1-17(2-10-21)25(18-3-11-22(29)12-4-18)27(32)26(19-5-13-23(30)14-6-19)20-7-15-24(31)16-8-20/h1-16,25-26H. The molecule has 4 aromatic rings. The van der Waals surface area contributed by atoms with Gasteiger partial charge in [0.15, 0.2) is 5.78 Å². The predicted octanol–water partition coefficient (Wildman–Crippen LogP) is 8.83. The molecule has 0 radical (unpaired) electrons. The molecule has 0 spiro atoms. The van der Waals surface area contributed by atoms with Crippen LogP contribution in [0.3, 0.4) is 0 Å². The minimum atomic E-state index is -0.513. The van der Waals surface area contributed by atoms with E-state index in [1.54, 1.807) is 48.5 Å². The Labute approximate surface area is 207 Å². The molecule has 0 bridgehead atoms. The Morgan fingerprint density at radius 3 is 0.781 bits per heavy atom. The molecular formula is C27H18Cl4O. The number of hydrogen-bond donors (Lipinski definition) is 0. The topological polar surface area (TPSA) is 17.1 Å². The van der Waals surface area contributed by atoms with Crippen LogP contribution in [-0.2, 0) is 4.79 Å². The first kappa shape index (κ1) is 22.9. The fourth-order valence-corrected chi connectivity index (χ4v) is 4.33. The summed E-state index contributed by atoms with van der Waals surface area (Å²) < 4.78 is 0. The van der Waals surface area contributed by atoms with Crippen molar-refractivity contribution in [3.63, 3.8) is 0 Å². The molecule has 0 aromatic heterocycles. The molecule has 0 saturated heterocycles. The summed E-state index contributed by atoms with van der Waals surface area (Å²) in [7, 11) is 0. The Morgan fingerprint density at radius 2 is 0.594 bits per heavy atom. The predicted molar refractivity (Wildman–Crippen MR) is 135 cm³/mol. The van der Waals surface area contributed by atoms with Crippen molar-refractivity contribution in [1.29, 1.82) is 0 Å². The zero-order valence-corrected chi connectivity index (χ0v) is 19.8. The van der Waals surface area contributed by atoms with Gasteiger partial charge in [-0.05, 0) is 70.8 Å². The van der Waals surface area contributed by atoms with Crippen molar-refractivity contribution in [2.75, 3.05) is 0 Å². The minimum Gasteiger partial charge on any atom is -0.298 e. The van der Waals surface area contributed by atoms with E-state index in [1.165, 1.54) is 0 Å². The number of carbonyl (C=O) groups is 1. The monoisotopic (exact) mass is 498 g/mol. The molecule has 0 fully saturated rings. The molecule has 0 saturated carbocycles. The van der Waals surface area contributed by atoms with E-state index < -0.39 is 11.8 Å². The van der Waals surface area contributed by atoms with E-state index in [-0.39, 0.29) is 5.78 Å². The SMILES string of the molecule is O=C(C(c1ccc(Cl)cc1)c1ccc(Cl)cc1)C(c1ccc(Cl)cc1)c1ccc(Cl)cc1. The molecule has 0 aliphatic rings. The van der Waals surface area contributed by atoms with Crippen LogP contribution in [0.4, 0.5) is 0 Å². The lowest BCUT2D eigenvalue weighted by Crippen LogP contribution is -2.23. The Bertz CT molecular complexity index is 1010. The van der Waals surface area contributed by atoms with Crippen molar-refractivity contribution in [2.45, 2.75) is 11.8 Å². The lowest BCUT2D eigenvalue weighted by atomic mass is 9.77. The van der Waals surface area contributed by atoms with Gasteiger partial charge in [-0.3, -0.25) is 4.79 Å². The third-order valence-electron chi connectivity index (χ3n) is 5.38. The van der Waals surface area contributed by atoms with Gasteiger partial charge in [-0.15, -0.1) is 0 Å². The lowest BCUT2D eigenvalue weighted by molar-refractivity contribution is -0.120. The van der Waals surface area contributed by atoms with Crippen molar-refractivity contribution in [3.8, 4) is 0 Å². The summed E-state index contributed by atoms with van der Waals surface area (Å²) in [5.74, 6) is -0.999. The average molecular weight is 500 g/mol. The number of ketones is 1. The summed E-state index contributed by atoms with van der Waals surface area (Å²) >= 11 is 24.5. The molecule has 1 nitrogen and oxygen atoms in total. The van der Waals surface area contributed by atoms with Gasteiger partial charge in [-0.2, -0.15) is 0 Å². The van der Waals surface area contributed by atoms with Crippen LogP contribution in [0.15, 0.2) is 97.1 Å². The van der Waals surface area contributed by atoms with Gasteiger partial charge in [-0.25, -0.2) is 0 Å². The molecule has 5 heteroatoms. The van der Waals surface area contributed by atoms with E-state index in [9.17, 15) is 4.79 Å². The first-order valence-electron chi connectivity index (χ1n) is 9.98. The fourth-order valence-electron chi connectivity index (χ4n) is 3.83. The highest BCUT2D eigenvalue weighted by atomic mass is 35.5. The van der Waals surface area contributed by atoms with Gasteiger partial charge in [-0.1, -0.05) is 94.9 Å². The van der Waals surface area contributed by atoms with E-state index in [4.69, 9.17) is 46.4 Å². The normalized spacial score (nSPS) is 11.2. The molecule has 4 aromatic carbocycles. The summed E-state index contributed by atoms with van der Waals surface area (Å²) in [6.07, 6.45) is 0. The molecule has 0 amide bonds. The zero-order chi connectivity index (χ0) is 22.7.